The molecule has 0 spiro atoms. The van der Waals surface area contributed by atoms with E-state index in [4.69, 9.17) is 11.6 Å². The van der Waals surface area contributed by atoms with Crippen LogP contribution in [-0.4, -0.2) is 20.0 Å². The average molecular weight is 449 g/mol. The van der Waals surface area contributed by atoms with Gasteiger partial charge in [-0.3, -0.25) is 4.79 Å². The van der Waals surface area contributed by atoms with Crippen LogP contribution in [0.1, 0.15) is 24.0 Å². The number of sulfonamides is 1. The SMILES string of the molecule is CC1C=C(C(=O)NS(=O)(=O)C2=CC2c2ccc(Cl)cc2)N=C1c1c(F)cccc1F. The molecule has 2 aromatic rings. The highest BCUT2D eigenvalue weighted by molar-refractivity contribution is 7.94. The van der Waals surface area contributed by atoms with Crippen molar-refractivity contribution in [3.8, 4) is 0 Å². The van der Waals surface area contributed by atoms with Crippen LogP contribution in [0, 0.1) is 17.6 Å². The third-order valence-corrected chi connectivity index (χ3v) is 6.54. The molecule has 1 aliphatic heterocycles. The molecule has 0 saturated heterocycles. The van der Waals surface area contributed by atoms with Crippen molar-refractivity contribution in [1.29, 1.82) is 0 Å². The van der Waals surface area contributed by atoms with Crippen molar-refractivity contribution in [3.63, 3.8) is 0 Å². The first-order valence-electron chi connectivity index (χ1n) is 8.96. The van der Waals surface area contributed by atoms with Crippen LogP contribution in [0.4, 0.5) is 8.78 Å². The third-order valence-electron chi connectivity index (χ3n) is 4.83. The molecular weight excluding hydrogens is 434 g/mol. The van der Waals surface area contributed by atoms with E-state index in [2.05, 4.69) is 4.99 Å². The first-order valence-corrected chi connectivity index (χ1v) is 10.8. The van der Waals surface area contributed by atoms with Gasteiger partial charge in [-0.1, -0.05) is 42.8 Å². The molecule has 4 rings (SSSR count). The van der Waals surface area contributed by atoms with Gasteiger partial charge < -0.3 is 0 Å². The normalized spacial score (nSPS) is 20.3. The lowest BCUT2D eigenvalue weighted by Crippen LogP contribution is -2.30. The standard InChI is InChI=1S/C21H15ClF2N2O3S/c1-11-9-17(25-20(11)19-15(23)3-2-4-16(19)24)21(27)26-30(28,29)18-10-14(18)12-5-7-13(22)8-6-12/h2-11,14H,1H3,(H,26,27). The van der Waals surface area contributed by atoms with Gasteiger partial charge in [0.05, 0.1) is 16.2 Å². The molecule has 0 radical (unpaired) electrons. The van der Waals surface area contributed by atoms with Gasteiger partial charge in [-0.05, 0) is 35.9 Å². The number of nitrogens with zero attached hydrogens (tertiary/aromatic N) is 1. The molecule has 9 heteroatoms. The van der Waals surface area contributed by atoms with E-state index in [0.717, 1.165) is 17.7 Å². The van der Waals surface area contributed by atoms with Gasteiger partial charge >= 0.3 is 0 Å². The minimum Gasteiger partial charge on any atom is -0.266 e. The van der Waals surface area contributed by atoms with E-state index in [-0.39, 0.29) is 21.9 Å². The van der Waals surface area contributed by atoms with Gasteiger partial charge in [0.25, 0.3) is 15.9 Å². The van der Waals surface area contributed by atoms with E-state index < -0.39 is 39.4 Å². The molecule has 2 aromatic carbocycles. The van der Waals surface area contributed by atoms with Gasteiger partial charge in [-0.15, -0.1) is 0 Å². The molecule has 0 bridgehead atoms. The zero-order chi connectivity index (χ0) is 21.6. The summed E-state index contributed by atoms with van der Waals surface area (Å²) in [5.41, 5.74) is 0.210. The fourth-order valence-corrected chi connectivity index (χ4v) is 4.65. The Morgan fingerprint density at radius 1 is 1.07 bits per heavy atom. The van der Waals surface area contributed by atoms with Crippen LogP contribution in [0.5, 0.6) is 0 Å². The Labute approximate surface area is 176 Å². The van der Waals surface area contributed by atoms with Gasteiger partial charge in [0, 0.05) is 16.9 Å². The van der Waals surface area contributed by atoms with E-state index in [9.17, 15) is 22.0 Å². The van der Waals surface area contributed by atoms with E-state index in [1.54, 1.807) is 31.2 Å². The zero-order valence-corrected chi connectivity index (χ0v) is 17.1. The van der Waals surface area contributed by atoms with Crippen molar-refractivity contribution in [3.05, 3.63) is 93.0 Å². The average Bonchev–Trinajstić information content (AvgIpc) is 3.40. The topological polar surface area (TPSA) is 75.6 Å². The lowest BCUT2D eigenvalue weighted by Gasteiger charge is -2.08. The number of nitrogens with one attached hydrogen (secondary N) is 1. The maximum Gasteiger partial charge on any atom is 0.283 e. The van der Waals surface area contributed by atoms with Crippen molar-refractivity contribution in [2.75, 3.05) is 0 Å². The number of carbonyl (C=O) groups excluding carboxylic acids is 1. The molecule has 1 heterocycles. The summed E-state index contributed by atoms with van der Waals surface area (Å²) >= 11 is 5.83. The van der Waals surface area contributed by atoms with Crippen molar-refractivity contribution < 1.29 is 22.0 Å². The molecular formula is C21H15ClF2N2O3S. The molecule has 2 atom stereocenters. The minimum atomic E-state index is -4.08. The fraction of sp³-hybridized carbons (Fsp3) is 0.143. The number of halogens is 3. The first-order chi connectivity index (χ1) is 14.2. The predicted octanol–water partition coefficient (Wildman–Crippen LogP) is 4.07. The van der Waals surface area contributed by atoms with Crippen LogP contribution >= 0.6 is 11.6 Å². The molecule has 1 amide bonds. The number of hydrogen-bond acceptors (Lipinski definition) is 4. The molecule has 0 aromatic heterocycles. The van der Waals surface area contributed by atoms with E-state index in [1.165, 1.54) is 18.2 Å². The van der Waals surface area contributed by atoms with Crippen LogP contribution in [-0.2, 0) is 14.8 Å². The lowest BCUT2D eigenvalue weighted by molar-refractivity contribution is -0.115. The summed E-state index contributed by atoms with van der Waals surface area (Å²) in [6.45, 7) is 1.61. The summed E-state index contributed by atoms with van der Waals surface area (Å²) in [6.07, 6.45) is 2.87. The van der Waals surface area contributed by atoms with Gasteiger partial charge in [0.15, 0.2) is 0 Å². The highest BCUT2D eigenvalue weighted by Crippen LogP contribution is 2.42. The highest BCUT2D eigenvalue weighted by atomic mass is 35.5. The van der Waals surface area contributed by atoms with Gasteiger partial charge in [-0.2, -0.15) is 0 Å². The van der Waals surface area contributed by atoms with Crippen LogP contribution in [0.2, 0.25) is 5.02 Å². The molecule has 30 heavy (non-hydrogen) atoms. The number of aliphatic imine (C=N–C) groups is 1. The number of amides is 1. The van der Waals surface area contributed by atoms with Crippen LogP contribution < -0.4 is 4.72 Å². The summed E-state index contributed by atoms with van der Waals surface area (Å²) in [5, 5.41) is 0.527. The van der Waals surface area contributed by atoms with Crippen LogP contribution in [0.15, 0.2) is 70.2 Å². The first kappa shape index (κ1) is 20.4. The Hall–Kier alpha value is -2.84. The Bertz CT molecular complexity index is 1230. The van der Waals surface area contributed by atoms with E-state index in [1.807, 2.05) is 4.72 Å². The second-order valence-electron chi connectivity index (χ2n) is 6.97. The Kier molecular flexibility index (Phi) is 5.07. The second-order valence-corrected chi connectivity index (χ2v) is 9.09. The molecule has 2 aliphatic rings. The van der Waals surface area contributed by atoms with Crippen molar-refractivity contribution in [2.24, 2.45) is 10.9 Å². The maximum atomic E-state index is 14.1. The molecule has 0 saturated carbocycles. The number of carbonyl (C=O) groups is 1. The summed E-state index contributed by atoms with van der Waals surface area (Å²) in [7, 11) is -4.08. The highest BCUT2D eigenvalue weighted by Gasteiger charge is 2.39. The smallest absolute Gasteiger partial charge is 0.266 e. The predicted molar refractivity (Wildman–Crippen MR) is 109 cm³/mol. The molecule has 0 fully saturated rings. The number of rotatable bonds is 5. The summed E-state index contributed by atoms with van der Waals surface area (Å²) in [6, 6.07) is 10.1. The van der Waals surface area contributed by atoms with Gasteiger partial charge in [0.2, 0.25) is 0 Å². The Morgan fingerprint density at radius 2 is 1.70 bits per heavy atom. The van der Waals surface area contributed by atoms with Crippen molar-refractivity contribution >= 4 is 33.2 Å². The Balaban J connectivity index is 1.50. The molecule has 1 N–H and O–H groups in total. The molecule has 1 aliphatic carbocycles. The summed E-state index contributed by atoms with van der Waals surface area (Å²) in [4.78, 5) is 16.5. The van der Waals surface area contributed by atoms with E-state index >= 15 is 0 Å². The van der Waals surface area contributed by atoms with Crippen LogP contribution in [0.3, 0.4) is 0 Å². The third kappa shape index (κ3) is 3.80. The zero-order valence-electron chi connectivity index (χ0n) is 15.6. The van der Waals surface area contributed by atoms with Gasteiger partial charge in [-0.25, -0.2) is 26.9 Å². The second kappa shape index (κ2) is 7.45. The number of allylic oxidation sites excluding steroid dienone is 3. The van der Waals surface area contributed by atoms with Crippen molar-refractivity contribution in [1.82, 2.24) is 4.72 Å². The minimum absolute atomic E-state index is 0.0258. The Morgan fingerprint density at radius 3 is 2.33 bits per heavy atom. The summed E-state index contributed by atoms with van der Waals surface area (Å²) < 4.78 is 55.2. The van der Waals surface area contributed by atoms with Gasteiger partial charge in [0.1, 0.15) is 17.3 Å². The summed E-state index contributed by atoms with van der Waals surface area (Å²) in [5.74, 6) is -3.58. The maximum absolute atomic E-state index is 14.1. The largest absolute Gasteiger partial charge is 0.283 e. The van der Waals surface area contributed by atoms with E-state index in [0.29, 0.717) is 5.02 Å². The monoisotopic (exact) mass is 448 g/mol. The number of benzene rings is 2. The molecule has 2 unspecified atom stereocenters. The van der Waals surface area contributed by atoms with Crippen LogP contribution in [0.25, 0.3) is 0 Å². The fourth-order valence-electron chi connectivity index (χ4n) is 3.27. The number of hydrogen-bond donors (Lipinski definition) is 1. The molecule has 154 valence electrons. The lowest BCUT2D eigenvalue weighted by atomic mass is 9.98. The quantitative estimate of drug-likeness (QED) is 0.749. The molecule has 5 nitrogen and oxygen atoms in total. The van der Waals surface area contributed by atoms with Crippen molar-refractivity contribution in [2.45, 2.75) is 12.8 Å².